The Morgan fingerprint density at radius 3 is 2.52 bits per heavy atom. The molecule has 1 aliphatic rings. The Labute approximate surface area is 131 Å². The van der Waals surface area contributed by atoms with Crippen LogP contribution in [0.4, 0.5) is 0 Å². The summed E-state index contributed by atoms with van der Waals surface area (Å²) in [5, 5.41) is 12.1. The maximum atomic E-state index is 12.4. The molecule has 0 aromatic heterocycles. The molecule has 5 nitrogen and oxygen atoms in total. The number of aliphatic carboxylic acids is 1. The number of imide groups is 1. The Morgan fingerprint density at radius 1 is 1.33 bits per heavy atom. The second-order valence-electron chi connectivity index (χ2n) is 5.04. The van der Waals surface area contributed by atoms with Crippen LogP contribution in [0, 0.1) is 5.92 Å². The third-order valence-corrected chi connectivity index (χ3v) is 4.69. The molecule has 2 amide bonds. The molecule has 1 aromatic rings. The fraction of sp³-hybridized carbons (Fsp3) is 0.357. The summed E-state index contributed by atoms with van der Waals surface area (Å²) in [4.78, 5) is 35.2. The molecule has 112 valence electrons. The molecular weight excluding hydrogens is 317 g/mol. The number of hydrogen-bond acceptors (Lipinski definition) is 3. The maximum Gasteiger partial charge on any atom is 0.307 e. The molecule has 2 rings (SSSR count). The number of benzene rings is 1. The van der Waals surface area contributed by atoms with Gasteiger partial charge in [0.1, 0.15) is 0 Å². The number of halogens is 2. The maximum absolute atomic E-state index is 12.4. The molecule has 21 heavy (non-hydrogen) atoms. The van der Waals surface area contributed by atoms with Crippen molar-refractivity contribution in [1.82, 2.24) is 5.32 Å². The number of carbonyl (C=O) groups is 3. The first-order valence-electron chi connectivity index (χ1n) is 6.31. The van der Waals surface area contributed by atoms with Gasteiger partial charge in [-0.3, -0.25) is 19.7 Å². The second kappa shape index (κ2) is 5.66. The van der Waals surface area contributed by atoms with E-state index in [4.69, 9.17) is 23.2 Å². The average molecular weight is 330 g/mol. The molecule has 0 saturated carbocycles. The highest BCUT2D eigenvalue weighted by Gasteiger charge is 2.51. The lowest BCUT2D eigenvalue weighted by atomic mass is 9.66. The number of rotatable bonds is 3. The van der Waals surface area contributed by atoms with Crippen LogP contribution in [0.2, 0.25) is 10.0 Å². The Morgan fingerprint density at radius 2 is 2.00 bits per heavy atom. The minimum atomic E-state index is -1.34. The molecule has 1 heterocycles. The van der Waals surface area contributed by atoms with Gasteiger partial charge in [0, 0.05) is 6.42 Å². The van der Waals surface area contributed by atoms with Crippen LogP contribution < -0.4 is 5.32 Å². The van der Waals surface area contributed by atoms with E-state index in [2.05, 4.69) is 5.32 Å². The highest BCUT2D eigenvalue weighted by atomic mass is 35.5. The lowest BCUT2D eigenvalue weighted by Gasteiger charge is -2.38. The van der Waals surface area contributed by atoms with Gasteiger partial charge in [0.15, 0.2) is 0 Å². The van der Waals surface area contributed by atoms with Crippen LogP contribution in [0.5, 0.6) is 0 Å². The van der Waals surface area contributed by atoms with Crippen molar-refractivity contribution in [2.75, 3.05) is 0 Å². The quantitative estimate of drug-likeness (QED) is 0.834. The molecule has 2 unspecified atom stereocenters. The summed E-state index contributed by atoms with van der Waals surface area (Å²) < 4.78 is 0. The zero-order chi connectivity index (χ0) is 15.8. The summed E-state index contributed by atoms with van der Waals surface area (Å²) in [6.45, 7) is 1.44. The van der Waals surface area contributed by atoms with Gasteiger partial charge in [-0.15, -0.1) is 0 Å². The Bertz CT molecular complexity index is 631. The SMILES string of the molecule is CC(C(=O)O)C1(c2ccc(Cl)c(Cl)c2)CCC(=O)NC1=O. The molecule has 0 radical (unpaired) electrons. The van der Waals surface area contributed by atoms with Crippen LogP contribution in [0.1, 0.15) is 25.3 Å². The topological polar surface area (TPSA) is 83.5 Å². The van der Waals surface area contributed by atoms with E-state index in [-0.39, 0.29) is 17.9 Å². The van der Waals surface area contributed by atoms with Crippen LogP contribution in [-0.2, 0) is 19.8 Å². The summed E-state index contributed by atoms with van der Waals surface area (Å²) in [6, 6.07) is 4.57. The molecule has 1 fully saturated rings. The molecular formula is C14H13Cl2NO4. The first kappa shape index (κ1) is 15.8. The average Bonchev–Trinajstić information content (AvgIpc) is 2.42. The number of carboxylic acid groups (broad SMARTS) is 1. The number of amides is 2. The fourth-order valence-corrected chi connectivity index (χ4v) is 2.95. The predicted octanol–water partition coefficient (Wildman–Crippen LogP) is 2.39. The van der Waals surface area contributed by atoms with Crippen LogP contribution in [0.3, 0.4) is 0 Å². The van der Waals surface area contributed by atoms with E-state index in [0.717, 1.165) is 0 Å². The first-order chi connectivity index (χ1) is 9.79. The Balaban J connectivity index is 2.60. The van der Waals surface area contributed by atoms with Crippen molar-refractivity contribution >= 4 is 41.0 Å². The smallest absolute Gasteiger partial charge is 0.307 e. The minimum Gasteiger partial charge on any atom is -0.481 e. The number of piperidine rings is 1. The van der Waals surface area contributed by atoms with Crippen LogP contribution >= 0.6 is 23.2 Å². The molecule has 1 saturated heterocycles. The molecule has 1 aliphatic heterocycles. The predicted molar refractivity (Wildman–Crippen MR) is 77.3 cm³/mol. The number of carboxylic acids is 1. The largest absolute Gasteiger partial charge is 0.481 e. The van der Waals surface area contributed by atoms with Crippen molar-refractivity contribution < 1.29 is 19.5 Å². The van der Waals surface area contributed by atoms with E-state index in [0.29, 0.717) is 10.6 Å². The van der Waals surface area contributed by atoms with Gasteiger partial charge in [0.05, 0.1) is 21.4 Å². The van der Waals surface area contributed by atoms with Gasteiger partial charge in [0.25, 0.3) is 0 Å². The minimum absolute atomic E-state index is 0.0730. The molecule has 2 atom stereocenters. The molecule has 0 bridgehead atoms. The molecule has 0 aliphatic carbocycles. The molecule has 0 spiro atoms. The highest BCUT2D eigenvalue weighted by molar-refractivity contribution is 6.42. The zero-order valence-electron chi connectivity index (χ0n) is 11.2. The van der Waals surface area contributed by atoms with E-state index < -0.39 is 29.1 Å². The van der Waals surface area contributed by atoms with E-state index in [1.807, 2.05) is 0 Å². The lowest BCUT2D eigenvalue weighted by molar-refractivity contribution is -0.151. The van der Waals surface area contributed by atoms with Crippen molar-refractivity contribution in [3.05, 3.63) is 33.8 Å². The number of carbonyl (C=O) groups excluding carboxylic acids is 2. The zero-order valence-corrected chi connectivity index (χ0v) is 12.7. The van der Waals surface area contributed by atoms with E-state index in [1.165, 1.54) is 19.1 Å². The fourth-order valence-electron chi connectivity index (χ4n) is 2.65. The third kappa shape index (κ3) is 2.63. The van der Waals surface area contributed by atoms with Gasteiger partial charge < -0.3 is 5.11 Å². The van der Waals surface area contributed by atoms with Gasteiger partial charge >= 0.3 is 5.97 Å². The summed E-state index contributed by atoms with van der Waals surface area (Å²) in [5.41, 5.74) is -0.898. The van der Waals surface area contributed by atoms with Crippen molar-refractivity contribution in [1.29, 1.82) is 0 Å². The van der Waals surface area contributed by atoms with Crippen LogP contribution in [0.25, 0.3) is 0 Å². The summed E-state index contributed by atoms with van der Waals surface area (Å²) in [5.74, 6) is -3.16. The normalized spacial score (nSPS) is 23.6. The Kier molecular flexibility index (Phi) is 4.25. The van der Waals surface area contributed by atoms with Crippen molar-refractivity contribution in [3.8, 4) is 0 Å². The standard InChI is InChI=1S/C14H13Cl2NO4/c1-7(12(19)20)14(5-4-11(18)17-13(14)21)8-2-3-9(15)10(16)6-8/h2-3,6-7H,4-5H2,1H3,(H,19,20)(H,17,18,21). The molecule has 7 heteroatoms. The number of nitrogens with one attached hydrogen (secondary N) is 1. The van der Waals surface area contributed by atoms with Crippen LogP contribution in [-0.4, -0.2) is 22.9 Å². The highest BCUT2D eigenvalue weighted by Crippen LogP contribution is 2.41. The van der Waals surface area contributed by atoms with Gasteiger partial charge in [-0.05, 0) is 24.1 Å². The van der Waals surface area contributed by atoms with Gasteiger partial charge in [-0.25, -0.2) is 0 Å². The van der Waals surface area contributed by atoms with Gasteiger partial charge in [-0.2, -0.15) is 0 Å². The second-order valence-corrected chi connectivity index (χ2v) is 5.85. The third-order valence-electron chi connectivity index (χ3n) is 3.95. The monoisotopic (exact) mass is 329 g/mol. The van der Waals surface area contributed by atoms with Crippen molar-refractivity contribution in [2.24, 2.45) is 5.92 Å². The summed E-state index contributed by atoms with van der Waals surface area (Å²) in [6.07, 6.45) is 0.187. The van der Waals surface area contributed by atoms with E-state index in [9.17, 15) is 19.5 Å². The molecule has 1 aromatic carbocycles. The van der Waals surface area contributed by atoms with Gasteiger partial charge in [-0.1, -0.05) is 36.2 Å². The van der Waals surface area contributed by atoms with E-state index >= 15 is 0 Å². The van der Waals surface area contributed by atoms with Crippen molar-refractivity contribution in [2.45, 2.75) is 25.2 Å². The Hall–Kier alpha value is -1.59. The number of hydrogen-bond donors (Lipinski definition) is 2. The van der Waals surface area contributed by atoms with Crippen molar-refractivity contribution in [3.63, 3.8) is 0 Å². The van der Waals surface area contributed by atoms with Crippen LogP contribution in [0.15, 0.2) is 18.2 Å². The van der Waals surface area contributed by atoms with Gasteiger partial charge in [0.2, 0.25) is 11.8 Å². The summed E-state index contributed by atoms with van der Waals surface area (Å²) >= 11 is 11.8. The first-order valence-corrected chi connectivity index (χ1v) is 7.07. The summed E-state index contributed by atoms with van der Waals surface area (Å²) in [7, 11) is 0. The molecule has 2 N–H and O–H groups in total. The lowest BCUT2D eigenvalue weighted by Crippen LogP contribution is -2.56. The van der Waals surface area contributed by atoms with E-state index in [1.54, 1.807) is 6.07 Å².